The first-order valence-electron chi connectivity index (χ1n) is 5.12. The molecule has 0 heterocycles. The molecule has 0 aliphatic carbocycles. The Morgan fingerprint density at radius 1 is 1.29 bits per heavy atom. The molecule has 0 fully saturated rings. The Kier molecular flexibility index (Phi) is 4.47. The maximum absolute atomic E-state index is 11.5. The Bertz CT molecular complexity index is 482. The van der Waals surface area contributed by atoms with Crippen LogP contribution in [0.2, 0.25) is 0 Å². The molecule has 0 aliphatic rings. The molecule has 94 valence electrons. The molecule has 0 spiro atoms. The van der Waals surface area contributed by atoms with Crippen LogP contribution in [0.15, 0.2) is 24.3 Å². The first kappa shape index (κ1) is 13.5. The quantitative estimate of drug-likeness (QED) is 0.689. The van der Waals surface area contributed by atoms with Gasteiger partial charge in [-0.3, -0.25) is 9.52 Å². The Hall–Kier alpha value is -1.60. The van der Waals surface area contributed by atoms with Crippen LogP contribution in [0.1, 0.15) is 23.7 Å². The molecule has 0 saturated heterocycles. The third-order valence-corrected chi connectivity index (χ3v) is 3.05. The van der Waals surface area contributed by atoms with Crippen molar-refractivity contribution in [2.24, 2.45) is 5.73 Å². The standard InChI is InChI=1S/C10H15N3O3S/c1-2-7-12-17(15,16)13-9-5-3-8(4-6-9)10(11)14/h3-6,12-13H,2,7H2,1H3,(H2,11,14). The van der Waals surface area contributed by atoms with Crippen LogP contribution in [0.25, 0.3) is 0 Å². The van der Waals surface area contributed by atoms with E-state index < -0.39 is 16.1 Å². The molecule has 0 aromatic heterocycles. The molecular formula is C10H15N3O3S. The van der Waals surface area contributed by atoms with Gasteiger partial charge in [0.25, 0.3) is 10.2 Å². The van der Waals surface area contributed by atoms with Crippen LogP contribution in [0.4, 0.5) is 5.69 Å². The number of nitrogens with two attached hydrogens (primary N) is 1. The zero-order valence-corrected chi connectivity index (χ0v) is 10.3. The number of anilines is 1. The highest BCUT2D eigenvalue weighted by atomic mass is 32.2. The molecule has 1 rings (SSSR count). The lowest BCUT2D eigenvalue weighted by molar-refractivity contribution is 0.100. The second-order valence-corrected chi connectivity index (χ2v) is 4.94. The number of primary amides is 1. The van der Waals surface area contributed by atoms with Crippen LogP contribution in [0.3, 0.4) is 0 Å². The Morgan fingerprint density at radius 2 is 1.88 bits per heavy atom. The minimum atomic E-state index is -3.55. The fourth-order valence-electron chi connectivity index (χ4n) is 1.13. The average Bonchev–Trinajstić information content (AvgIpc) is 2.26. The molecule has 0 bridgehead atoms. The Labute approximate surface area is 100 Å². The summed E-state index contributed by atoms with van der Waals surface area (Å²) in [6.07, 6.45) is 0.710. The van der Waals surface area contributed by atoms with Crippen molar-refractivity contribution in [1.29, 1.82) is 0 Å². The highest BCUT2D eigenvalue weighted by molar-refractivity contribution is 7.90. The number of amides is 1. The first-order valence-corrected chi connectivity index (χ1v) is 6.60. The molecule has 0 radical (unpaired) electrons. The van der Waals surface area contributed by atoms with Gasteiger partial charge in [0.05, 0.1) is 0 Å². The number of carbonyl (C=O) groups is 1. The van der Waals surface area contributed by atoms with E-state index in [-0.39, 0.29) is 0 Å². The molecular weight excluding hydrogens is 242 g/mol. The maximum Gasteiger partial charge on any atom is 0.299 e. The lowest BCUT2D eigenvalue weighted by atomic mass is 10.2. The molecule has 0 aliphatic heterocycles. The number of hydrogen-bond donors (Lipinski definition) is 3. The predicted molar refractivity (Wildman–Crippen MR) is 65.8 cm³/mol. The van der Waals surface area contributed by atoms with Gasteiger partial charge in [-0.2, -0.15) is 13.1 Å². The lowest BCUT2D eigenvalue weighted by Crippen LogP contribution is -2.30. The minimum Gasteiger partial charge on any atom is -0.366 e. The molecule has 6 nitrogen and oxygen atoms in total. The van der Waals surface area contributed by atoms with E-state index in [2.05, 4.69) is 9.44 Å². The van der Waals surface area contributed by atoms with Gasteiger partial charge in [0.2, 0.25) is 5.91 Å². The number of hydrogen-bond acceptors (Lipinski definition) is 3. The van der Waals surface area contributed by atoms with Crippen LogP contribution < -0.4 is 15.2 Å². The fourth-order valence-corrected chi connectivity index (χ4v) is 2.12. The van der Waals surface area contributed by atoms with Crippen molar-refractivity contribution >= 4 is 21.8 Å². The van der Waals surface area contributed by atoms with Crippen molar-refractivity contribution in [1.82, 2.24) is 4.72 Å². The molecule has 4 N–H and O–H groups in total. The van der Waals surface area contributed by atoms with Crippen LogP contribution in [0.5, 0.6) is 0 Å². The van der Waals surface area contributed by atoms with E-state index in [1.165, 1.54) is 24.3 Å². The summed E-state index contributed by atoms with van der Waals surface area (Å²) in [4.78, 5) is 10.8. The highest BCUT2D eigenvalue weighted by Gasteiger charge is 2.08. The van der Waals surface area contributed by atoms with Gasteiger partial charge in [-0.15, -0.1) is 0 Å². The van der Waals surface area contributed by atoms with E-state index in [0.29, 0.717) is 24.2 Å². The minimum absolute atomic E-state index is 0.328. The van der Waals surface area contributed by atoms with Crippen LogP contribution >= 0.6 is 0 Å². The summed E-state index contributed by atoms with van der Waals surface area (Å²) in [6, 6.07) is 5.87. The molecule has 0 unspecified atom stereocenters. The number of nitrogens with one attached hydrogen (secondary N) is 2. The van der Waals surface area contributed by atoms with Gasteiger partial charge in [-0.25, -0.2) is 0 Å². The SMILES string of the molecule is CCCNS(=O)(=O)Nc1ccc(C(N)=O)cc1. The van der Waals surface area contributed by atoms with E-state index in [1.807, 2.05) is 6.92 Å². The van der Waals surface area contributed by atoms with Crippen molar-refractivity contribution in [3.05, 3.63) is 29.8 Å². The summed E-state index contributed by atoms with van der Waals surface area (Å²) >= 11 is 0. The Morgan fingerprint density at radius 3 is 2.35 bits per heavy atom. The summed E-state index contributed by atoms with van der Waals surface area (Å²) in [5.74, 6) is -0.552. The van der Waals surface area contributed by atoms with Gasteiger partial charge in [-0.05, 0) is 30.7 Å². The van der Waals surface area contributed by atoms with Crippen molar-refractivity contribution in [2.45, 2.75) is 13.3 Å². The molecule has 0 saturated carbocycles. The number of carbonyl (C=O) groups excluding carboxylic acids is 1. The summed E-state index contributed by atoms with van der Waals surface area (Å²) in [6.45, 7) is 2.23. The van der Waals surface area contributed by atoms with Crippen molar-refractivity contribution < 1.29 is 13.2 Å². The maximum atomic E-state index is 11.5. The largest absolute Gasteiger partial charge is 0.366 e. The molecule has 1 aromatic carbocycles. The molecule has 0 atom stereocenters. The second kappa shape index (κ2) is 5.65. The topological polar surface area (TPSA) is 101 Å². The third kappa shape index (κ3) is 4.41. The monoisotopic (exact) mass is 257 g/mol. The van der Waals surface area contributed by atoms with E-state index >= 15 is 0 Å². The summed E-state index contributed by atoms with van der Waals surface area (Å²) in [7, 11) is -3.55. The molecule has 7 heteroatoms. The normalized spacial score (nSPS) is 11.1. The first-order chi connectivity index (χ1) is 7.94. The van der Waals surface area contributed by atoms with Crippen molar-refractivity contribution in [3.8, 4) is 0 Å². The van der Waals surface area contributed by atoms with E-state index in [1.54, 1.807) is 0 Å². The zero-order chi connectivity index (χ0) is 12.9. The Balaban J connectivity index is 2.72. The smallest absolute Gasteiger partial charge is 0.299 e. The molecule has 17 heavy (non-hydrogen) atoms. The van der Waals surface area contributed by atoms with Gasteiger partial charge in [-0.1, -0.05) is 6.92 Å². The van der Waals surface area contributed by atoms with Crippen LogP contribution in [0, 0.1) is 0 Å². The van der Waals surface area contributed by atoms with Crippen LogP contribution in [-0.4, -0.2) is 20.9 Å². The number of rotatable bonds is 6. The van der Waals surface area contributed by atoms with E-state index in [0.717, 1.165) is 0 Å². The van der Waals surface area contributed by atoms with Gasteiger partial charge < -0.3 is 5.73 Å². The summed E-state index contributed by atoms with van der Waals surface area (Å²) < 4.78 is 27.6. The van der Waals surface area contributed by atoms with E-state index in [9.17, 15) is 13.2 Å². The van der Waals surface area contributed by atoms with Gasteiger partial charge in [0.15, 0.2) is 0 Å². The van der Waals surface area contributed by atoms with E-state index in [4.69, 9.17) is 5.73 Å². The second-order valence-electron chi connectivity index (χ2n) is 3.44. The van der Waals surface area contributed by atoms with Gasteiger partial charge >= 0.3 is 0 Å². The average molecular weight is 257 g/mol. The third-order valence-electron chi connectivity index (χ3n) is 1.96. The fraction of sp³-hybridized carbons (Fsp3) is 0.300. The zero-order valence-electron chi connectivity index (χ0n) is 9.43. The van der Waals surface area contributed by atoms with Crippen LogP contribution in [-0.2, 0) is 10.2 Å². The lowest BCUT2D eigenvalue weighted by Gasteiger charge is -2.08. The number of benzene rings is 1. The van der Waals surface area contributed by atoms with Crippen molar-refractivity contribution in [3.63, 3.8) is 0 Å². The molecule has 1 amide bonds. The molecule has 1 aromatic rings. The highest BCUT2D eigenvalue weighted by Crippen LogP contribution is 2.10. The van der Waals surface area contributed by atoms with Gasteiger partial charge in [0.1, 0.15) is 0 Å². The summed E-state index contributed by atoms with van der Waals surface area (Å²) in [5.41, 5.74) is 5.77. The van der Waals surface area contributed by atoms with Gasteiger partial charge in [0, 0.05) is 17.8 Å². The summed E-state index contributed by atoms with van der Waals surface area (Å²) in [5, 5.41) is 0. The van der Waals surface area contributed by atoms with Crippen molar-refractivity contribution in [2.75, 3.05) is 11.3 Å². The predicted octanol–water partition coefficient (Wildman–Crippen LogP) is 0.442.